The van der Waals surface area contributed by atoms with Crippen LogP contribution >= 0.6 is 0 Å². The van der Waals surface area contributed by atoms with E-state index in [9.17, 15) is 0 Å². The van der Waals surface area contributed by atoms with Gasteiger partial charge in [0, 0.05) is 11.8 Å². The molecule has 0 spiro atoms. The van der Waals surface area contributed by atoms with E-state index in [1.807, 2.05) is 42.6 Å². The SMILES string of the molecule is [Rh+3].c1ccc(-c2ccccn2)cc1. The Morgan fingerprint density at radius 1 is 0.769 bits per heavy atom. The van der Waals surface area contributed by atoms with Crippen LogP contribution < -0.4 is 0 Å². The average Bonchev–Trinajstić information content (AvgIpc) is 2.21. The molecule has 0 N–H and O–H groups in total. The first-order valence-electron chi connectivity index (χ1n) is 3.93. The van der Waals surface area contributed by atoms with Crippen molar-refractivity contribution in [2.24, 2.45) is 0 Å². The van der Waals surface area contributed by atoms with Crippen LogP contribution in [0, 0.1) is 0 Å². The number of hydrogen-bond donors (Lipinski definition) is 0. The number of rotatable bonds is 1. The number of pyridine rings is 1. The maximum absolute atomic E-state index is 4.25. The molecule has 0 fully saturated rings. The molecule has 0 aliphatic carbocycles. The van der Waals surface area contributed by atoms with Crippen molar-refractivity contribution in [2.45, 2.75) is 0 Å². The molecule has 0 amide bonds. The van der Waals surface area contributed by atoms with Crippen LogP contribution in [0.4, 0.5) is 0 Å². The van der Waals surface area contributed by atoms with Crippen molar-refractivity contribution in [1.29, 1.82) is 0 Å². The maximum Gasteiger partial charge on any atom is 3.00 e. The van der Waals surface area contributed by atoms with E-state index in [0.29, 0.717) is 0 Å². The van der Waals surface area contributed by atoms with Crippen LogP contribution in [-0.4, -0.2) is 4.98 Å². The van der Waals surface area contributed by atoms with E-state index in [4.69, 9.17) is 0 Å². The van der Waals surface area contributed by atoms with Crippen LogP contribution in [0.3, 0.4) is 0 Å². The van der Waals surface area contributed by atoms with Crippen LogP contribution in [0.15, 0.2) is 54.7 Å². The summed E-state index contributed by atoms with van der Waals surface area (Å²) in [6.07, 6.45) is 1.81. The summed E-state index contributed by atoms with van der Waals surface area (Å²) in [5.74, 6) is 0. The van der Waals surface area contributed by atoms with Gasteiger partial charge in [-0.15, -0.1) is 0 Å². The molecule has 1 aromatic heterocycles. The van der Waals surface area contributed by atoms with Crippen molar-refractivity contribution in [2.75, 3.05) is 0 Å². The number of benzene rings is 1. The van der Waals surface area contributed by atoms with Crippen molar-refractivity contribution in [1.82, 2.24) is 4.98 Å². The summed E-state index contributed by atoms with van der Waals surface area (Å²) in [6, 6.07) is 16.1. The summed E-state index contributed by atoms with van der Waals surface area (Å²) in [5.41, 5.74) is 2.19. The van der Waals surface area contributed by atoms with Gasteiger partial charge in [0.05, 0.1) is 5.69 Å². The molecule has 0 aliphatic rings. The Hall–Kier alpha value is -1.01. The van der Waals surface area contributed by atoms with E-state index >= 15 is 0 Å². The molecule has 2 heteroatoms. The summed E-state index contributed by atoms with van der Waals surface area (Å²) >= 11 is 0. The first-order valence-corrected chi connectivity index (χ1v) is 3.93. The second-order valence-electron chi connectivity index (χ2n) is 2.58. The maximum atomic E-state index is 4.25. The van der Waals surface area contributed by atoms with Gasteiger partial charge in [0.25, 0.3) is 0 Å². The van der Waals surface area contributed by atoms with Gasteiger partial charge in [-0.2, -0.15) is 0 Å². The van der Waals surface area contributed by atoms with Crippen LogP contribution in [0.1, 0.15) is 0 Å². The summed E-state index contributed by atoms with van der Waals surface area (Å²) in [6.45, 7) is 0. The summed E-state index contributed by atoms with van der Waals surface area (Å²) in [5, 5.41) is 0. The Labute approximate surface area is 90.6 Å². The predicted octanol–water partition coefficient (Wildman–Crippen LogP) is 2.75. The Bertz CT molecular complexity index is 307. The first kappa shape index (κ1) is 10.1. The topological polar surface area (TPSA) is 12.9 Å². The number of aromatic nitrogens is 1. The van der Waals surface area contributed by atoms with Gasteiger partial charge in [-0.3, -0.25) is 4.98 Å². The molecule has 1 heterocycles. The largest absolute Gasteiger partial charge is 3.00 e. The molecule has 2 rings (SSSR count). The van der Waals surface area contributed by atoms with E-state index in [0.717, 1.165) is 11.3 Å². The Balaban J connectivity index is 0.000000845. The van der Waals surface area contributed by atoms with Crippen molar-refractivity contribution < 1.29 is 19.5 Å². The molecule has 0 saturated heterocycles. The van der Waals surface area contributed by atoms with Gasteiger partial charge in [-0.1, -0.05) is 36.4 Å². The third-order valence-corrected chi connectivity index (χ3v) is 1.73. The van der Waals surface area contributed by atoms with Crippen LogP contribution in [0.2, 0.25) is 0 Å². The van der Waals surface area contributed by atoms with Crippen LogP contribution in [-0.2, 0) is 19.5 Å². The molecule has 1 nitrogen and oxygen atoms in total. The van der Waals surface area contributed by atoms with Gasteiger partial charge in [0.2, 0.25) is 0 Å². The molecule has 0 radical (unpaired) electrons. The van der Waals surface area contributed by atoms with E-state index in [-0.39, 0.29) is 19.5 Å². The Morgan fingerprint density at radius 3 is 2.08 bits per heavy atom. The standard InChI is InChI=1S/C11H9N.Rh/c1-2-6-10(7-3-1)11-8-4-5-9-12-11;/h1-9H;/q;+3. The molecular formula is C11H9NRh+3. The quantitative estimate of drug-likeness (QED) is 0.717. The van der Waals surface area contributed by atoms with Gasteiger partial charge in [0.1, 0.15) is 0 Å². The predicted molar refractivity (Wildman–Crippen MR) is 49.7 cm³/mol. The fourth-order valence-electron chi connectivity index (χ4n) is 1.14. The van der Waals surface area contributed by atoms with E-state index < -0.39 is 0 Å². The molecule has 0 unspecified atom stereocenters. The van der Waals surface area contributed by atoms with Gasteiger partial charge >= 0.3 is 19.5 Å². The molecule has 0 atom stereocenters. The zero-order valence-corrected chi connectivity index (χ0v) is 8.62. The summed E-state index contributed by atoms with van der Waals surface area (Å²) in [7, 11) is 0. The molecule has 0 bridgehead atoms. The molecule has 1 aromatic carbocycles. The minimum Gasteiger partial charge on any atom is -0.256 e. The second kappa shape index (κ2) is 4.88. The smallest absolute Gasteiger partial charge is 0.256 e. The molecule has 0 aliphatic heterocycles. The normalized spacial score (nSPS) is 8.92. The third-order valence-electron chi connectivity index (χ3n) is 1.73. The zero-order chi connectivity index (χ0) is 8.23. The van der Waals surface area contributed by atoms with Crippen molar-refractivity contribution >= 4 is 0 Å². The second-order valence-corrected chi connectivity index (χ2v) is 2.58. The van der Waals surface area contributed by atoms with Crippen molar-refractivity contribution in [3.63, 3.8) is 0 Å². The summed E-state index contributed by atoms with van der Waals surface area (Å²) < 4.78 is 0. The monoisotopic (exact) mass is 258 g/mol. The van der Waals surface area contributed by atoms with Gasteiger partial charge in [-0.25, -0.2) is 0 Å². The van der Waals surface area contributed by atoms with E-state index in [1.165, 1.54) is 0 Å². The molecule has 0 saturated carbocycles. The fourth-order valence-corrected chi connectivity index (χ4v) is 1.14. The van der Waals surface area contributed by atoms with Crippen molar-refractivity contribution in [3.8, 4) is 11.3 Å². The van der Waals surface area contributed by atoms with Gasteiger partial charge in [-0.05, 0) is 12.1 Å². The fraction of sp³-hybridized carbons (Fsp3) is 0. The van der Waals surface area contributed by atoms with Crippen LogP contribution in [0.25, 0.3) is 11.3 Å². The first-order chi connectivity index (χ1) is 5.97. The Kier molecular flexibility index (Phi) is 3.79. The minimum absolute atomic E-state index is 0. The Morgan fingerprint density at radius 2 is 1.46 bits per heavy atom. The van der Waals surface area contributed by atoms with Crippen molar-refractivity contribution in [3.05, 3.63) is 54.7 Å². The number of hydrogen-bond acceptors (Lipinski definition) is 1. The molecular weight excluding hydrogens is 249 g/mol. The zero-order valence-electron chi connectivity index (χ0n) is 6.98. The molecule has 64 valence electrons. The average molecular weight is 258 g/mol. The van der Waals surface area contributed by atoms with Gasteiger partial charge < -0.3 is 0 Å². The van der Waals surface area contributed by atoms with E-state index in [1.54, 1.807) is 0 Å². The number of nitrogens with zero attached hydrogens (tertiary/aromatic N) is 1. The van der Waals surface area contributed by atoms with E-state index in [2.05, 4.69) is 17.1 Å². The third kappa shape index (κ3) is 2.46. The van der Waals surface area contributed by atoms with Crippen LogP contribution in [0.5, 0.6) is 0 Å². The van der Waals surface area contributed by atoms with Gasteiger partial charge in [0.15, 0.2) is 0 Å². The minimum atomic E-state index is 0. The molecule has 2 aromatic rings. The summed E-state index contributed by atoms with van der Waals surface area (Å²) in [4.78, 5) is 4.25. The molecule has 13 heavy (non-hydrogen) atoms.